The summed E-state index contributed by atoms with van der Waals surface area (Å²) in [5, 5.41) is 37.3. The summed E-state index contributed by atoms with van der Waals surface area (Å²) in [6, 6.07) is 11.9. The number of benzene rings is 2. The molecular weight excluding hydrogens is 768 g/mol. The van der Waals surface area contributed by atoms with Gasteiger partial charge in [0, 0.05) is 24.3 Å². The molecule has 224 valence electrons. The van der Waals surface area contributed by atoms with E-state index in [9.17, 15) is 20.2 Å². The van der Waals surface area contributed by atoms with Gasteiger partial charge in [0.05, 0.1) is 21.2 Å². The van der Waals surface area contributed by atoms with Crippen molar-refractivity contribution in [1.82, 2.24) is 0 Å². The number of hydrogen-bond donors (Lipinski definition) is 0. The molecule has 0 spiro atoms. The maximum atomic E-state index is 10.5. The Bertz CT molecular complexity index is 1320. The van der Waals surface area contributed by atoms with Crippen LogP contribution >= 0.6 is 19.1 Å². The molecule has 2 aromatic rings. The van der Waals surface area contributed by atoms with Crippen LogP contribution in [0.1, 0.15) is 13.8 Å². The van der Waals surface area contributed by atoms with Crippen molar-refractivity contribution in [2.24, 2.45) is 20.5 Å². The van der Waals surface area contributed by atoms with E-state index in [1.807, 2.05) is 75.3 Å². The molecule has 0 saturated heterocycles. The number of azo groups is 2. The van der Waals surface area contributed by atoms with Gasteiger partial charge in [0.1, 0.15) is 0 Å². The van der Waals surface area contributed by atoms with Crippen molar-refractivity contribution in [1.29, 1.82) is 0 Å². The summed E-state index contributed by atoms with van der Waals surface area (Å²) in [7, 11) is 8.98. The van der Waals surface area contributed by atoms with Gasteiger partial charge in [-0.3, -0.25) is 20.2 Å². The summed E-state index contributed by atoms with van der Waals surface area (Å²) in [6.45, 7) is 3.73. The van der Waals surface area contributed by atoms with Gasteiger partial charge < -0.3 is 0 Å². The Balaban J connectivity index is 0.000000376. The van der Waals surface area contributed by atoms with Gasteiger partial charge in [0.25, 0.3) is 11.4 Å². The van der Waals surface area contributed by atoms with E-state index < -0.39 is 9.85 Å². The van der Waals surface area contributed by atoms with E-state index in [2.05, 4.69) is 75.9 Å². The molecule has 14 heteroatoms. The van der Waals surface area contributed by atoms with Crippen LogP contribution in [0.15, 0.2) is 140 Å². The monoisotopic (exact) mass is 790 g/mol. The number of halogens is 2. The van der Waals surface area contributed by atoms with Gasteiger partial charge in [0.15, 0.2) is 0 Å². The standard InChI is InChI=1S/2C14H12N3O2.2ClH.2Pd/c2*1-11(12-5-3-2-4-6-12)15-16-13-7-9-14(10-8-13)17(18)19;;;;/h2*2-10H,1H3;2*1H;;/q2*-1;;;2*+2/p-2. The first-order valence-electron chi connectivity index (χ1n) is 11.7. The van der Waals surface area contributed by atoms with Crippen LogP contribution in [0.4, 0.5) is 22.7 Å². The van der Waals surface area contributed by atoms with Gasteiger partial charge in [-0.2, -0.15) is 10.2 Å². The predicted molar refractivity (Wildman–Crippen MR) is 157 cm³/mol. The fraction of sp³-hybridized carbons (Fsp3) is 0.0714. The SMILES string of the molecule is C/C(N=Nc1ccc([N+](=O)[O-])cc1)=C1\C=CC=C[CH-]1.C/C(N=Nc1ccc([N+](=O)[O-])cc1)=C1\C=CC=C[CH-]1.[Cl][Pd+].[Cl][Pd+]. The molecule has 0 N–H and O–H groups in total. The van der Waals surface area contributed by atoms with E-state index in [1.165, 1.54) is 24.3 Å². The molecule has 0 aliphatic heterocycles. The van der Waals surface area contributed by atoms with Crippen molar-refractivity contribution in [2.75, 3.05) is 0 Å². The van der Waals surface area contributed by atoms with Crippen molar-refractivity contribution in [3.05, 3.63) is 153 Å². The Hall–Kier alpha value is -3.48. The fourth-order valence-electron chi connectivity index (χ4n) is 3.02. The summed E-state index contributed by atoms with van der Waals surface area (Å²) < 4.78 is 0. The summed E-state index contributed by atoms with van der Waals surface area (Å²) in [4.78, 5) is 20.1. The Morgan fingerprint density at radius 3 is 1.24 bits per heavy atom. The minimum atomic E-state index is -0.442. The van der Waals surface area contributed by atoms with Gasteiger partial charge in [-0.1, -0.05) is 13.8 Å². The number of nitro groups is 2. The fourth-order valence-corrected chi connectivity index (χ4v) is 3.02. The number of hydrogen-bond acceptors (Lipinski definition) is 8. The number of non-ortho nitro benzene ring substituents is 2. The molecule has 0 bridgehead atoms. The molecule has 4 rings (SSSR count). The molecule has 0 aromatic heterocycles. The summed E-state index contributed by atoms with van der Waals surface area (Å²) in [5.41, 5.74) is 4.83. The average Bonchev–Trinajstić information content (AvgIpc) is 3.06. The minimum absolute atomic E-state index is 0.0442. The number of rotatable bonds is 6. The zero-order valence-corrected chi connectivity index (χ0v) is 26.7. The molecule has 0 atom stereocenters. The zero-order valence-electron chi connectivity index (χ0n) is 22.1. The topological polar surface area (TPSA) is 136 Å². The Labute approximate surface area is 273 Å². The summed E-state index contributed by atoms with van der Waals surface area (Å²) >= 11 is 4.44. The van der Waals surface area contributed by atoms with Gasteiger partial charge in [-0.25, -0.2) is 10.2 Å². The first kappa shape index (κ1) is 36.6. The van der Waals surface area contributed by atoms with Crippen LogP contribution in [0.5, 0.6) is 0 Å². The van der Waals surface area contributed by atoms with Crippen LogP contribution in [-0.4, -0.2) is 9.85 Å². The second kappa shape index (κ2) is 21.3. The van der Waals surface area contributed by atoms with Crippen LogP contribution in [-0.2, 0) is 36.4 Å². The molecule has 10 nitrogen and oxygen atoms in total. The van der Waals surface area contributed by atoms with Gasteiger partial charge >= 0.3 is 55.4 Å². The van der Waals surface area contributed by atoms with E-state index in [-0.39, 0.29) is 11.4 Å². The zero-order chi connectivity index (χ0) is 31.3. The van der Waals surface area contributed by atoms with Crippen molar-refractivity contribution in [3.63, 3.8) is 0 Å². The molecule has 2 aliphatic rings. The van der Waals surface area contributed by atoms with E-state index in [0.717, 1.165) is 22.5 Å². The first-order valence-corrected chi connectivity index (χ1v) is 15.7. The summed E-state index contributed by atoms with van der Waals surface area (Å²) in [6.07, 6.45) is 19.4. The second-order valence-electron chi connectivity index (χ2n) is 7.85. The predicted octanol–water partition coefficient (Wildman–Crippen LogP) is 9.94. The van der Waals surface area contributed by atoms with Crippen molar-refractivity contribution < 1.29 is 46.2 Å². The molecule has 0 unspecified atom stereocenters. The van der Waals surface area contributed by atoms with E-state index in [4.69, 9.17) is 0 Å². The van der Waals surface area contributed by atoms with Crippen LogP contribution in [0.3, 0.4) is 0 Å². The van der Waals surface area contributed by atoms with Crippen molar-refractivity contribution in [2.45, 2.75) is 13.8 Å². The van der Waals surface area contributed by atoms with Crippen LogP contribution in [0.2, 0.25) is 0 Å². The van der Waals surface area contributed by atoms with Crippen molar-refractivity contribution in [3.8, 4) is 0 Å². The molecule has 2 aliphatic carbocycles. The molecular formula is C28H24Cl2N6O4Pd2. The number of allylic oxidation sites excluding steroid dienone is 12. The third kappa shape index (κ3) is 13.5. The number of nitro benzene ring substituents is 2. The second-order valence-corrected chi connectivity index (χ2v) is 7.85. The Kier molecular flexibility index (Phi) is 18.5. The van der Waals surface area contributed by atoms with Gasteiger partial charge in [-0.15, -0.1) is 72.6 Å². The van der Waals surface area contributed by atoms with E-state index >= 15 is 0 Å². The third-order valence-electron chi connectivity index (χ3n) is 5.14. The quantitative estimate of drug-likeness (QED) is 0.0946. The number of nitrogens with zero attached hydrogens (tertiary/aromatic N) is 6. The van der Waals surface area contributed by atoms with Crippen LogP contribution < -0.4 is 0 Å². The molecule has 42 heavy (non-hydrogen) atoms. The van der Waals surface area contributed by atoms with E-state index in [0.29, 0.717) is 11.4 Å². The van der Waals surface area contributed by atoms with Gasteiger partial charge in [0.2, 0.25) is 0 Å². The first-order chi connectivity index (χ1) is 20.3. The Morgan fingerprint density at radius 1 is 0.643 bits per heavy atom. The molecule has 0 fully saturated rings. The third-order valence-corrected chi connectivity index (χ3v) is 5.14. The van der Waals surface area contributed by atoms with Gasteiger partial charge in [-0.05, 0) is 35.7 Å². The molecule has 0 heterocycles. The molecule has 2 aromatic carbocycles. The summed E-state index contributed by atoms with van der Waals surface area (Å²) in [5.74, 6) is 0. The molecule has 0 saturated carbocycles. The molecule has 0 radical (unpaired) electrons. The van der Waals surface area contributed by atoms with Crippen LogP contribution in [0, 0.1) is 33.1 Å². The Morgan fingerprint density at radius 2 is 0.976 bits per heavy atom. The van der Waals surface area contributed by atoms with Crippen LogP contribution in [0.25, 0.3) is 0 Å². The normalized spacial score (nSPS) is 15.2. The van der Waals surface area contributed by atoms with E-state index in [1.54, 1.807) is 24.3 Å². The molecule has 0 amide bonds. The van der Waals surface area contributed by atoms with Crippen molar-refractivity contribution >= 4 is 41.8 Å². The maximum absolute atomic E-state index is 10.5. The average molecular weight is 792 g/mol.